The van der Waals surface area contributed by atoms with Gasteiger partial charge < -0.3 is 15.8 Å². The molecule has 142 valence electrons. The van der Waals surface area contributed by atoms with Crippen LogP contribution in [0.25, 0.3) is 0 Å². The topological polar surface area (TPSA) is 163 Å². The van der Waals surface area contributed by atoms with Gasteiger partial charge in [0.1, 0.15) is 5.41 Å². The highest BCUT2D eigenvalue weighted by Gasteiger charge is 2.29. The number of carbonyl (C=O) groups is 4. The van der Waals surface area contributed by atoms with Crippen LogP contribution >= 0.6 is 11.8 Å². The van der Waals surface area contributed by atoms with Gasteiger partial charge in [0, 0.05) is 16.2 Å². The molecule has 0 radical (unpaired) electrons. The molecule has 1 heterocycles. The van der Waals surface area contributed by atoms with Crippen LogP contribution in [0.3, 0.4) is 0 Å². The van der Waals surface area contributed by atoms with Crippen LogP contribution in [0.2, 0.25) is 0 Å². The number of benzene rings is 1. The molecule has 0 fully saturated rings. The Labute approximate surface area is 158 Å². The average molecular weight is 391 g/mol. The molecule has 0 aromatic heterocycles. The number of hydrogen-bond acceptors (Lipinski definition) is 7. The minimum Gasteiger partial charge on any atom is -0.435 e. The van der Waals surface area contributed by atoms with Crippen molar-refractivity contribution < 1.29 is 23.9 Å². The highest BCUT2D eigenvalue weighted by atomic mass is 32.2. The number of ether oxygens (including phenoxy) is 1. The molecule has 0 aliphatic carbocycles. The van der Waals surface area contributed by atoms with Crippen molar-refractivity contribution in [3.8, 4) is 6.07 Å². The first kappa shape index (κ1) is 20.1. The molecule has 1 aromatic rings. The van der Waals surface area contributed by atoms with Crippen LogP contribution in [0.1, 0.15) is 24.2 Å². The first-order chi connectivity index (χ1) is 12.6. The van der Waals surface area contributed by atoms with E-state index in [-0.39, 0.29) is 11.3 Å². The Bertz CT molecular complexity index is 848. The molecule has 0 saturated heterocycles. The molecule has 0 unspecified atom stereocenters. The second-order valence-corrected chi connectivity index (χ2v) is 7.14. The van der Waals surface area contributed by atoms with E-state index in [2.05, 4.69) is 16.2 Å². The summed E-state index contributed by atoms with van der Waals surface area (Å²) in [4.78, 5) is 47.7. The van der Waals surface area contributed by atoms with Crippen molar-refractivity contribution in [2.45, 2.75) is 24.8 Å². The Morgan fingerprint density at radius 2 is 2.07 bits per heavy atom. The second-order valence-electron chi connectivity index (χ2n) is 6.08. The summed E-state index contributed by atoms with van der Waals surface area (Å²) in [5.41, 5.74) is 8.56. The highest BCUT2D eigenvalue weighted by molar-refractivity contribution is 7.99. The van der Waals surface area contributed by atoms with Crippen molar-refractivity contribution >= 4 is 41.3 Å². The minimum atomic E-state index is -1.30. The van der Waals surface area contributed by atoms with E-state index in [1.165, 1.54) is 37.7 Å². The Hall–Kier alpha value is -3.26. The molecule has 1 aliphatic rings. The van der Waals surface area contributed by atoms with Gasteiger partial charge in [0.25, 0.3) is 17.7 Å². The lowest BCUT2D eigenvalue weighted by atomic mass is 9.95. The molecular weight excluding hydrogens is 374 g/mol. The maximum absolute atomic E-state index is 12.2. The summed E-state index contributed by atoms with van der Waals surface area (Å²) in [5.74, 6) is -1.69. The molecule has 1 atom stereocenters. The lowest BCUT2D eigenvalue weighted by Crippen LogP contribution is -2.47. The van der Waals surface area contributed by atoms with E-state index in [4.69, 9.17) is 15.7 Å². The predicted octanol–water partition coefficient (Wildman–Crippen LogP) is 0.505. The summed E-state index contributed by atoms with van der Waals surface area (Å²) < 4.78 is 4.75. The van der Waals surface area contributed by atoms with Crippen molar-refractivity contribution in [2.24, 2.45) is 11.1 Å². The lowest BCUT2D eigenvalue weighted by molar-refractivity contribution is -0.127. The number of hydrogen-bond donors (Lipinski definition) is 4. The third-order valence-electron chi connectivity index (χ3n) is 3.58. The number of nitriles is 1. The molecule has 2 rings (SSSR count). The van der Waals surface area contributed by atoms with Crippen LogP contribution in [0.4, 0.5) is 10.5 Å². The van der Waals surface area contributed by atoms with Gasteiger partial charge in [0.05, 0.1) is 11.8 Å². The molecule has 4 amide bonds. The van der Waals surface area contributed by atoms with Gasteiger partial charge in [-0.15, -0.1) is 11.8 Å². The first-order valence-electron chi connectivity index (χ1n) is 7.70. The van der Waals surface area contributed by atoms with E-state index in [0.717, 1.165) is 0 Å². The quantitative estimate of drug-likeness (QED) is 0.545. The van der Waals surface area contributed by atoms with Crippen molar-refractivity contribution in [1.82, 2.24) is 10.9 Å². The van der Waals surface area contributed by atoms with E-state index < -0.39 is 35.3 Å². The number of fused-ring (bicyclic) bond motifs is 1. The van der Waals surface area contributed by atoms with Crippen LogP contribution in [0.15, 0.2) is 23.1 Å². The number of carbonyl (C=O) groups excluding carboxylic acids is 4. The number of amides is 4. The number of anilines is 1. The van der Waals surface area contributed by atoms with Crippen molar-refractivity contribution in [3.63, 3.8) is 0 Å². The molecular formula is C16H17N5O5S. The smallest absolute Gasteiger partial charge is 0.405 e. The van der Waals surface area contributed by atoms with E-state index >= 15 is 0 Å². The summed E-state index contributed by atoms with van der Waals surface area (Å²) in [7, 11) is 0. The second kappa shape index (κ2) is 7.96. The molecule has 0 saturated carbocycles. The fraction of sp³-hybridized carbons (Fsp3) is 0.312. The number of rotatable bonds is 3. The zero-order valence-electron chi connectivity index (χ0n) is 14.5. The number of nitrogens with zero attached hydrogens (tertiary/aromatic N) is 1. The fourth-order valence-electron chi connectivity index (χ4n) is 1.97. The zero-order chi connectivity index (χ0) is 20.2. The van der Waals surface area contributed by atoms with Gasteiger partial charge in [-0.05, 0) is 32.0 Å². The van der Waals surface area contributed by atoms with Crippen LogP contribution in [0, 0.1) is 16.7 Å². The summed E-state index contributed by atoms with van der Waals surface area (Å²) >= 11 is 1.25. The third kappa shape index (κ3) is 4.89. The molecule has 0 spiro atoms. The SMILES string of the molecule is CC(C)(C#N)C(=O)NNC(=O)c1ccc2c(c1)NC(=O)[C@@H](OC(N)=O)CS2. The van der Waals surface area contributed by atoms with E-state index in [0.29, 0.717) is 10.6 Å². The Balaban J connectivity index is 2.09. The highest BCUT2D eigenvalue weighted by Crippen LogP contribution is 2.32. The number of nitrogens with two attached hydrogens (primary N) is 1. The molecule has 1 aliphatic heterocycles. The van der Waals surface area contributed by atoms with E-state index in [1.54, 1.807) is 6.07 Å². The largest absolute Gasteiger partial charge is 0.435 e. The van der Waals surface area contributed by atoms with Crippen molar-refractivity contribution in [1.29, 1.82) is 5.26 Å². The van der Waals surface area contributed by atoms with Crippen LogP contribution in [-0.2, 0) is 14.3 Å². The van der Waals surface area contributed by atoms with Gasteiger partial charge in [-0.2, -0.15) is 5.26 Å². The monoisotopic (exact) mass is 391 g/mol. The minimum absolute atomic E-state index is 0.166. The molecule has 27 heavy (non-hydrogen) atoms. The predicted molar refractivity (Wildman–Crippen MR) is 95.3 cm³/mol. The lowest BCUT2D eigenvalue weighted by Gasteiger charge is -2.16. The first-order valence-corrected chi connectivity index (χ1v) is 8.68. The Morgan fingerprint density at radius 1 is 1.37 bits per heavy atom. The standard InChI is InChI=1S/C16H17N5O5S/c1-16(2,7-17)14(24)21-20-12(22)8-3-4-11-9(5-8)19-13(23)10(6-27-11)26-15(18)25/h3-5,10H,6H2,1-2H3,(H2,18,25)(H,19,23)(H,20,22)(H,21,24)/t10-/m0/s1. The summed E-state index contributed by atoms with van der Waals surface area (Å²) in [6.45, 7) is 2.82. The summed E-state index contributed by atoms with van der Waals surface area (Å²) in [6.07, 6.45) is -2.11. The molecule has 11 heteroatoms. The van der Waals surface area contributed by atoms with Crippen LogP contribution < -0.4 is 21.9 Å². The van der Waals surface area contributed by atoms with Gasteiger partial charge in [-0.1, -0.05) is 0 Å². The number of nitrogens with one attached hydrogen (secondary N) is 3. The Morgan fingerprint density at radius 3 is 2.70 bits per heavy atom. The van der Waals surface area contributed by atoms with Crippen LogP contribution in [-0.4, -0.2) is 35.7 Å². The normalized spacial score (nSPS) is 16.0. The zero-order valence-corrected chi connectivity index (χ0v) is 15.3. The Kier molecular flexibility index (Phi) is 5.91. The maximum Gasteiger partial charge on any atom is 0.405 e. The van der Waals surface area contributed by atoms with Crippen molar-refractivity contribution in [3.05, 3.63) is 23.8 Å². The van der Waals surface area contributed by atoms with E-state index in [1.807, 2.05) is 6.07 Å². The van der Waals surface area contributed by atoms with Gasteiger partial charge in [0.15, 0.2) is 6.10 Å². The van der Waals surface area contributed by atoms with Gasteiger partial charge in [0.2, 0.25) is 0 Å². The fourth-order valence-corrected chi connectivity index (χ4v) is 2.95. The molecule has 0 bridgehead atoms. The average Bonchev–Trinajstić information content (AvgIpc) is 2.77. The van der Waals surface area contributed by atoms with Gasteiger partial charge >= 0.3 is 6.09 Å². The molecule has 1 aromatic carbocycles. The maximum atomic E-state index is 12.2. The number of primary amides is 1. The number of hydrazine groups is 1. The van der Waals surface area contributed by atoms with Crippen LogP contribution in [0.5, 0.6) is 0 Å². The molecule has 10 nitrogen and oxygen atoms in total. The van der Waals surface area contributed by atoms with Gasteiger partial charge in [-0.25, -0.2) is 4.79 Å². The van der Waals surface area contributed by atoms with Gasteiger partial charge in [-0.3, -0.25) is 25.2 Å². The summed E-state index contributed by atoms with van der Waals surface area (Å²) in [6, 6.07) is 6.36. The third-order valence-corrected chi connectivity index (χ3v) is 4.71. The van der Waals surface area contributed by atoms with E-state index in [9.17, 15) is 19.2 Å². The molecule has 5 N–H and O–H groups in total. The van der Waals surface area contributed by atoms with Crippen molar-refractivity contribution in [2.75, 3.05) is 11.1 Å². The number of thioether (sulfide) groups is 1. The summed E-state index contributed by atoms with van der Waals surface area (Å²) in [5, 5.41) is 11.5.